The molecule has 0 saturated carbocycles. The molecular weight excluding hydrogens is 274 g/mol. The Morgan fingerprint density at radius 1 is 1.10 bits per heavy atom. The molecule has 2 aromatic rings. The molecule has 1 atom stereocenters. The molecule has 112 valence electrons. The fourth-order valence-corrected chi connectivity index (χ4v) is 2.42. The third-order valence-electron chi connectivity index (χ3n) is 3.61. The third-order valence-corrected chi connectivity index (χ3v) is 3.61. The summed E-state index contributed by atoms with van der Waals surface area (Å²) in [6.45, 7) is 3.89. The summed E-state index contributed by atoms with van der Waals surface area (Å²) in [6.07, 6.45) is 0. The van der Waals surface area contributed by atoms with Gasteiger partial charge in [0.2, 0.25) is 0 Å². The molecule has 1 unspecified atom stereocenters. The van der Waals surface area contributed by atoms with Crippen molar-refractivity contribution >= 4 is 0 Å². The van der Waals surface area contributed by atoms with Gasteiger partial charge in [0, 0.05) is 11.6 Å². The Morgan fingerprint density at radius 3 is 2.24 bits per heavy atom. The lowest BCUT2D eigenvalue weighted by Crippen LogP contribution is -2.29. The molecule has 0 fully saturated rings. The Balaban J connectivity index is 2.59. The van der Waals surface area contributed by atoms with Crippen LogP contribution in [0.1, 0.15) is 28.3 Å². The highest BCUT2D eigenvalue weighted by atomic mass is 19.1. The fraction of sp³-hybridized carbons (Fsp3) is 0.250. The summed E-state index contributed by atoms with van der Waals surface area (Å²) in [6, 6.07) is 6.53. The maximum atomic E-state index is 13.4. The van der Waals surface area contributed by atoms with E-state index < -0.39 is 17.7 Å². The molecule has 0 saturated heterocycles. The number of aryl methyl sites for hydroxylation is 1. The van der Waals surface area contributed by atoms with Crippen LogP contribution >= 0.6 is 0 Å². The second kappa shape index (κ2) is 6.20. The van der Waals surface area contributed by atoms with Gasteiger partial charge in [0.1, 0.15) is 17.4 Å². The summed E-state index contributed by atoms with van der Waals surface area (Å²) in [5.74, 6) is 4.96. The summed E-state index contributed by atoms with van der Waals surface area (Å²) in [7, 11) is 1.56. The van der Waals surface area contributed by atoms with Crippen molar-refractivity contribution in [3.8, 4) is 5.75 Å². The maximum absolute atomic E-state index is 13.4. The van der Waals surface area contributed by atoms with E-state index in [2.05, 4.69) is 5.43 Å². The summed E-state index contributed by atoms with van der Waals surface area (Å²) in [5, 5.41) is 0. The van der Waals surface area contributed by atoms with Crippen LogP contribution in [0.4, 0.5) is 8.78 Å². The summed E-state index contributed by atoms with van der Waals surface area (Å²) >= 11 is 0. The van der Waals surface area contributed by atoms with Crippen molar-refractivity contribution in [3.63, 3.8) is 0 Å². The van der Waals surface area contributed by atoms with Crippen molar-refractivity contribution in [1.29, 1.82) is 0 Å². The van der Waals surface area contributed by atoms with E-state index in [9.17, 15) is 8.78 Å². The van der Waals surface area contributed by atoms with E-state index in [-0.39, 0.29) is 0 Å². The minimum Gasteiger partial charge on any atom is -0.496 e. The molecule has 0 aliphatic carbocycles. The first-order valence-corrected chi connectivity index (χ1v) is 6.54. The van der Waals surface area contributed by atoms with Gasteiger partial charge in [-0.25, -0.2) is 14.2 Å². The molecule has 3 nitrogen and oxygen atoms in total. The zero-order valence-corrected chi connectivity index (χ0v) is 12.2. The van der Waals surface area contributed by atoms with Crippen LogP contribution in [0.15, 0.2) is 30.3 Å². The van der Waals surface area contributed by atoms with Crippen molar-refractivity contribution < 1.29 is 13.5 Å². The largest absolute Gasteiger partial charge is 0.496 e. The van der Waals surface area contributed by atoms with E-state index in [0.29, 0.717) is 11.3 Å². The van der Waals surface area contributed by atoms with E-state index in [4.69, 9.17) is 10.6 Å². The van der Waals surface area contributed by atoms with Crippen LogP contribution in [0.5, 0.6) is 5.75 Å². The third kappa shape index (κ3) is 3.04. The predicted molar refractivity (Wildman–Crippen MR) is 78.0 cm³/mol. The van der Waals surface area contributed by atoms with E-state index in [0.717, 1.165) is 22.8 Å². The molecule has 0 heterocycles. The number of hydrazine groups is 1. The Bertz CT molecular complexity index is 639. The lowest BCUT2D eigenvalue weighted by Gasteiger charge is -2.22. The normalized spacial score (nSPS) is 12.3. The Morgan fingerprint density at radius 2 is 1.71 bits per heavy atom. The molecular formula is C16H18F2N2O. The van der Waals surface area contributed by atoms with Crippen LogP contribution < -0.4 is 16.0 Å². The van der Waals surface area contributed by atoms with Gasteiger partial charge in [-0.15, -0.1) is 0 Å². The van der Waals surface area contributed by atoms with E-state index in [1.165, 1.54) is 12.1 Å². The SMILES string of the molecule is COc1c(C(NN)c2cc(F)cc(F)c2)ccc(C)c1C. The molecule has 0 aromatic heterocycles. The number of benzene rings is 2. The predicted octanol–water partition coefficient (Wildman–Crippen LogP) is 3.14. The Hall–Kier alpha value is -1.98. The highest BCUT2D eigenvalue weighted by Crippen LogP contribution is 2.34. The molecule has 5 heteroatoms. The van der Waals surface area contributed by atoms with Gasteiger partial charge in [0.15, 0.2) is 0 Å². The second-order valence-electron chi connectivity index (χ2n) is 4.93. The molecule has 0 aliphatic rings. The number of ether oxygens (including phenoxy) is 1. The second-order valence-corrected chi connectivity index (χ2v) is 4.93. The first-order chi connectivity index (χ1) is 9.97. The van der Waals surface area contributed by atoms with Crippen molar-refractivity contribution in [3.05, 3.63) is 64.2 Å². The van der Waals surface area contributed by atoms with Crippen molar-refractivity contribution in [2.75, 3.05) is 7.11 Å². The molecule has 0 bridgehead atoms. The van der Waals surface area contributed by atoms with E-state index in [1.807, 2.05) is 26.0 Å². The average molecular weight is 292 g/mol. The topological polar surface area (TPSA) is 47.3 Å². The average Bonchev–Trinajstić information content (AvgIpc) is 2.43. The van der Waals surface area contributed by atoms with Crippen LogP contribution in [0.2, 0.25) is 0 Å². The van der Waals surface area contributed by atoms with Gasteiger partial charge in [-0.3, -0.25) is 5.84 Å². The molecule has 0 amide bonds. The highest BCUT2D eigenvalue weighted by molar-refractivity contribution is 5.49. The highest BCUT2D eigenvalue weighted by Gasteiger charge is 2.20. The summed E-state index contributed by atoms with van der Waals surface area (Å²) < 4.78 is 32.3. The van der Waals surface area contributed by atoms with E-state index in [1.54, 1.807) is 7.11 Å². The van der Waals surface area contributed by atoms with Crippen LogP contribution in [-0.2, 0) is 0 Å². The summed E-state index contributed by atoms with van der Waals surface area (Å²) in [4.78, 5) is 0. The number of hydrogen-bond acceptors (Lipinski definition) is 3. The maximum Gasteiger partial charge on any atom is 0.127 e. The van der Waals surface area contributed by atoms with Crippen LogP contribution in [0, 0.1) is 25.5 Å². The number of nitrogens with one attached hydrogen (secondary N) is 1. The molecule has 2 rings (SSSR count). The Kier molecular flexibility index (Phi) is 4.55. The van der Waals surface area contributed by atoms with Crippen molar-refractivity contribution in [2.45, 2.75) is 19.9 Å². The smallest absolute Gasteiger partial charge is 0.127 e. The number of halogens is 2. The molecule has 3 N–H and O–H groups in total. The number of rotatable bonds is 4. The zero-order chi connectivity index (χ0) is 15.6. The molecule has 21 heavy (non-hydrogen) atoms. The first-order valence-electron chi connectivity index (χ1n) is 6.54. The van der Waals surface area contributed by atoms with Gasteiger partial charge < -0.3 is 4.74 Å². The van der Waals surface area contributed by atoms with Crippen LogP contribution in [-0.4, -0.2) is 7.11 Å². The van der Waals surface area contributed by atoms with E-state index >= 15 is 0 Å². The summed E-state index contributed by atoms with van der Waals surface area (Å²) in [5.41, 5.74) is 5.76. The van der Waals surface area contributed by atoms with Crippen LogP contribution in [0.3, 0.4) is 0 Å². The monoisotopic (exact) mass is 292 g/mol. The van der Waals surface area contributed by atoms with Crippen LogP contribution in [0.25, 0.3) is 0 Å². The lowest BCUT2D eigenvalue weighted by molar-refractivity contribution is 0.400. The standard InChI is InChI=1S/C16H18F2N2O/c1-9-4-5-14(16(21-3)10(9)2)15(20-19)11-6-12(17)8-13(18)7-11/h4-8,15,20H,19H2,1-3H3. The van der Waals surface area contributed by atoms with Gasteiger partial charge >= 0.3 is 0 Å². The van der Waals surface area contributed by atoms with Gasteiger partial charge in [-0.1, -0.05) is 12.1 Å². The molecule has 2 aromatic carbocycles. The minimum atomic E-state index is -0.645. The lowest BCUT2D eigenvalue weighted by atomic mass is 9.94. The first kappa shape index (κ1) is 15.4. The zero-order valence-electron chi connectivity index (χ0n) is 12.2. The molecule has 0 spiro atoms. The van der Waals surface area contributed by atoms with Gasteiger partial charge in [0.25, 0.3) is 0 Å². The number of methoxy groups -OCH3 is 1. The van der Waals surface area contributed by atoms with Gasteiger partial charge in [0.05, 0.1) is 13.2 Å². The fourth-order valence-electron chi connectivity index (χ4n) is 2.42. The quantitative estimate of drug-likeness (QED) is 0.672. The van der Waals surface area contributed by atoms with Crippen molar-refractivity contribution in [1.82, 2.24) is 5.43 Å². The molecule has 0 aliphatic heterocycles. The number of nitrogens with two attached hydrogens (primary N) is 1. The molecule has 0 radical (unpaired) electrons. The van der Waals surface area contributed by atoms with Gasteiger partial charge in [-0.05, 0) is 42.7 Å². The number of hydrogen-bond donors (Lipinski definition) is 2. The Labute approximate surface area is 122 Å². The van der Waals surface area contributed by atoms with Crippen molar-refractivity contribution in [2.24, 2.45) is 5.84 Å². The van der Waals surface area contributed by atoms with Gasteiger partial charge in [-0.2, -0.15) is 0 Å². The minimum absolute atomic E-state index is 0.400.